The van der Waals surface area contributed by atoms with E-state index in [0.717, 1.165) is 12.0 Å². The van der Waals surface area contributed by atoms with Crippen LogP contribution in [0.25, 0.3) is 0 Å². The van der Waals surface area contributed by atoms with Crippen LogP contribution in [0, 0.1) is 0 Å². The lowest BCUT2D eigenvalue weighted by Crippen LogP contribution is -2.47. The van der Waals surface area contributed by atoms with Crippen molar-refractivity contribution in [2.45, 2.75) is 37.1 Å². The molecule has 1 fully saturated rings. The molecule has 1 heterocycles. The second-order valence-electron chi connectivity index (χ2n) is 6.32. The third-order valence-corrected chi connectivity index (χ3v) is 6.01. The molecular formula is C18H28N2O5S. The third kappa shape index (κ3) is 6.05. The van der Waals surface area contributed by atoms with E-state index in [4.69, 9.17) is 9.47 Å². The monoisotopic (exact) mass is 384 g/mol. The van der Waals surface area contributed by atoms with Crippen LogP contribution in [-0.2, 0) is 30.7 Å². The van der Waals surface area contributed by atoms with E-state index in [1.807, 2.05) is 19.1 Å². The summed E-state index contributed by atoms with van der Waals surface area (Å²) in [5.41, 5.74) is 1.10. The van der Waals surface area contributed by atoms with Crippen LogP contribution in [0.4, 0.5) is 0 Å². The number of sulfonamides is 1. The van der Waals surface area contributed by atoms with Crippen LogP contribution in [0.5, 0.6) is 0 Å². The molecular weight excluding hydrogens is 356 g/mol. The minimum absolute atomic E-state index is 0.0313. The molecule has 0 unspecified atom stereocenters. The van der Waals surface area contributed by atoms with Gasteiger partial charge in [-0.1, -0.05) is 19.1 Å². The molecule has 1 aromatic rings. The zero-order chi connectivity index (χ0) is 19.0. The fourth-order valence-electron chi connectivity index (χ4n) is 2.83. The van der Waals surface area contributed by atoms with E-state index >= 15 is 0 Å². The summed E-state index contributed by atoms with van der Waals surface area (Å²) in [5.74, 6) is -0.0717. The van der Waals surface area contributed by atoms with E-state index in [1.54, 1.807) is 24.1 Å². The maximum absolute atomic E-state index is 12.5. The standard InChI is InChI=1S/C18H28N2O5S/c1-3-15-4-6-17(7-5-15)26(22,23)19-16-8-10-20(11-9-16)18(21)14-25-13-12-24-2/h4-7,16,19H,3,8-14H2,1-2H3. The molecule has 146 valence electrons. The average Bonchev–Trinajstić information content (AvgIpc) is 2.65. The summed E-state index contributed by atoms with van der Waals surface area (Å²) >= 11 is 0. The number of aryl methyl sites for hydroxylation is 1. The largest absolute Gasteiger partial charge is 0.382 e. The van der Waals surface area contributed by atoms with Gasteiger partial charge in [0.2, 0.25) is 15.9 Å². The van der Waals surface area contributed by atoms with Crippen molar-refractivity contribution in [2.75, 3.05) is 40.0 Å². The van der Waals surface area contributed by atoms with Crippen LogP contribution in [0.1, 0.15) is 25.3 Å². The molecule has 0 aliphatic carbocycles. The Labute approximate surface area is 155 Å². The Morgan fingerprint density at radius 3 is 2.42 bits per heavy atom. The average molecular weight is 384 g/mol. The first-order chi connectivity index (χ1) is 12.5. The normalized spacial score (nSPS) is 16.0. The fourth-order valence-corrected chi connectivity index (χ4v) is 4.14. The highest BCUT2D eigenvalue weighted by Crippen LogP contribution is 2.16. The smallest absolute Gasteiger partial charge is 0.248 e. The fraction of sp³-hybridized carbons (Fsp3) is 0.611. The van der Waals surface area contributed by atoms with Gasteiger partial charge in [-0.15, -0.1) is 0 Å². The SMILES string of the molecule is CCc1ccc(S(=O)(=O)NC2CCN(C(=O)COCCOC)CC2)cc1. The number of carbonyl (C=O) groups excluding carboxylic acids is 1. The Bertz CT molecular complexity index is 667. The summed E-state index contributed by atoms with van der Waals surface area (Å²) in [5, 5.41) is 0. The number of nitrogens with zero attached hydrogens (tertiary/aromatic N) is 1. The van der Waals surface area contributed by atoms with Crippen molar-refractivity contribution in [1.29, 1.82) is 0 Å². The number of amides is 1. The molecule has 26 heavy (non-hydrogen) atoms. The number of ether oxygens (including phenoxy) is 2. The quantitative estimate of drug-likeness (QED) is 0.646. The van der Waals surface area contributed by atoms with Gasteiger partial charge in [0.05, 0.1) is 18.1 Å². The van der Waals surface area contributed by atoms with Crippen molar-refractivity contribution in [3.05, 3.63) is 29.8 Å². The molecule has 1 aliphatic rings. The molecule has 0 aromatic heterocycles. The number of hydrogen-bond donors (Lipinski definition) is 1. The van der Waals surface area contributed by atoms with E-state index in [-0.39, 0.29) is 23.5 Å². The minimum Gasteiger partial charge on any atom is -0.382 e. The van der Waals surface area contributed by atoms with Gasteiger partial charge in [0.15, 0.2) is 0 Å². The number of hydrogen-bond acceptors (Lipinski definition) is 5. The number of benzene rings is 1. The van der Waals surface area contributed by atoms with E-state index in [9.17, 15) is 13.2 Å². The predicted molar refractivity (Wildman–Crippen MR) is 98.4 cm³/mol. The van der Waals surface area contributed by atoms with Crippen molar-refractivity contribution in [2.24, 2.45) is 0 Å². The molecule has 1 N–H and O–H groups in total. The van der Waals surface area contributed by atoms with Crippen molar-refractivity contribution < 1.29 is 22.7 Å². The summed E-state index contributed by atoms with van der Waals surface area (Å²) in [6.07, 6.45) is 2.06. The van der Waals surface area contributed by atoms with Gasteiger partial charge in [0.1, 0.15) is 6.61 Å². The molecule has 2 rings (SSSR count). The van der Waals surface area contributed by atoms with Crippen molar-refractivity contribution >= 4 is 15.9 Å². The molecule has 0 spiro atoms. The highest BCUT2D eigenvalue weighted by atomic mass is 32.2. The molecule has 7 nitrogen and oxygen atoms in total. The second-order valence-corrected chi connectivity index (χ2v) is 8.03. The van der Waals surface area contributed by atoms with Crippen molar-refractivity contribution in [3.63, 3.8) is 0 Å². The first kappa shape index (κ1) is 20.8. The van der Waals surface area contributed by atoms with Gasteiger partial charge in [-0.3, -0.25) is 4.79 Å². The molecule has 1 aromatic carbocycles. The summed E-state index contributed by atoms with van der Waals surface area (Å²) in [7, 11) is -1.96. The molecule has 8 heteroatoms. The Morgan fingerprint density at radius 2 is 1.85 bits per heavy atom. The lowest BCUT2D eigenvalue weighted by atomic mass is 10.1. The lowest BCUT2D eigenvalue weighted by molar-refractivity contribution is -0.137. The van der Waals surface area contributed by atoms with Gasteiger partial charge < -0.3 is 14.4 Å². The summed E-state index contributed by atoms with van der Waals surface area (Å²) in [6.45, 7) is 3.94. The van der Waals surface area contributed by atoms with E-state index in [1.165, 1.54) is 0 Å². The number of methoxy groups -OCH3 is 1. The van der Waals surface area contributed by atoms with Crippen LogP contribution in [0.3, 0.4) is 0 Å². The van der Waals surface area contributed by atoms with E-state index in [2.05, 4.69) is 4.72 Å². The number of rotatable bonds is 9. The van der Waals surface area contributed by atoms with Crippen LogP contribution in [0.15, 0.2) is 29.2 Å². The number of nitrogens with one attached hydrogen (secondary N) is 1. The Morgan fingerprint density at radius 1 is 1.19 bits per heavy atom. The summed E-state index contributed by atoms with van der Waals surface area (Å²) < 4.78 is 37.9. The van der Waals surface area contributed by atoms with Crippen molar-refractivity contribution in [1.82, 2.24) is 9.62 Å². The maximum atomic E-state index is 12.5. The highest BCUT2D eigenvalue weighted by molar-refractivity contribution is 7.89. The first-order valence-corrected chi connectivity index (χ1v) is 10.4. The van der Waals surface area contributed by atoms with Gasteiger partial charge in [0, 0.05) is 26.2 Å². The molecule has 1 saturated heterocycles. The van der Waals surface area contributed by atoms with Gasteiger partial charge in [0.25, 0.3) is 0 Å². The molecule has 0 bridgehead atoms. The van der Waals surface area contributed by atoms with E-state index < -0.39 is 10.0 Å². The van der Waals surface area contributed by atoms with Crippen LogP contribution in [0.2, 0.25) is 0 Å². The molecule has 1 amide bonds. The number of carbonyl (C=O) groups is 1. The number of piperidine rings is 1. The Balaban J connectivity index is 1.81. The first-order valence-electron chi connectivity index (χ1n) is 8.92. The van der Waals surface area contributed by atoms with Gasteiger partial charge >= 0.3 is 0 Å². The molecule has 0 radical (unpaired) electrons. The summed E-state index contributed by atoms with van der Waals surface area (Å²) in [4.78, 5) is 14.0. The Hall–Kier alpha value is -1.48. The van der Waals surface area contributed by atoms with Gasteiger partial charge in [-0.05, 0) is 37.0 Å². The minimum atomic E-state index is -3.54. The molecule has 1 aliphatic heterocycles. The highest BCUT2D eigenvalue weighted by Gasteiger charge is 2.26. The van der Waals surface area contributed by atoms with Gasteiger partial charge in [-0.2, -0.15) is 0 Å². The van der Waals surface area contributed by atoms with Gasteiger partial charge in [-0.25, -0.2) is 13.1 Å². The van der Waals surface area contributed by atoms with E-state index in [0.29, 0.717) is 39.1 Å². The summed E-state index contributed by atoms with van der Waals surface area (Å²) in [6, 6.07) is 6.78. The maximum Gasteiger partial charge on any atom is 0.248 e. The molecule has 0 saturated carbocycles. The topological polar surface area (TPSA) is 84.9 Å². The number of likely N-dealkylation sites (tertiary alicyclic amines) is 1. The van der Waals surface area contributed by atoms with Crippen LogP contribution < -0.4 is 4.72 Å². The van der Waals surface area contributed by atoms with Crippen LogP contribution >= 0.6 is 0 Å². The zero-order valence-electron chi connectivity index (χ0n) is 15.4. The lowest BCUT2D eigenvalue weighted by Gasteiger charge is -2.32. The zero-order valence-corrected chi connectivity index (χ0v) is 16.3. The second kappa shape index (κ2) is 10.0. The Kier molecular flexibility index (Phi) is 8.02. The third-order valence-electron chi connectivity index (χ3n) is 4.47. The predicted octanol–water partition coefficient (Wildman–Crippen LogP) is 1.18. The van der Waals surface area contributed by atoms with Crippen LogP contribution in [-0.4, -0.2) is 65.3 Å². The van der Waals surface area contributed by atoms with Crippen molar-refractivity contribution in [3.8, 4) is 0 Å². The molecule has 0 atom stereocenters.